The van der Waals surface area contributed by atoms with E-state index in [0.29, 0.717) is 5.00 Å². The standard InChI is InChI=1S/C12H11BrNO4PS/c13-9-3-1-2-8(6-9)10-4-5-12(20-10)14-11(15)7-19(16,17)18/h1-6H,7H2,(H,14,15)(H2,16,17,18). The maximum absolute atomic E-state index is 11.4. The van der Waals surface area contributed by atoms with Crippen molar-refractivity contribution in [3.05, 3.63) is 40.9 Å². The van der Waals surface area contributed by atoms with E-state index in [9.17, 15) is 9.36 Å². The largest absolute Gasteiger partial charge is 0.334 e. The van der Waals surface area contributed by atoms with Gasteiger partial charge in [0.25, 0.3) is 0 Å². The van der Waals surface area contributed by atoms with Crippen LogP contribution in [0.4, 0.5) is 5.00 Å². The zero-order valence-electron chi connectivity index (χ0n) is 10.1. The molecule has 3 N–H and O–H groups in total. The van der Waals surface area contributed by atoms with Gasteiger partial charge in [-0.1, -0.05) is 28.1 Å². The molecule has 0 saturated carbocycles. The van der Waals surface area contributed by atoms with Gasteiger partial charge in [0.2, 0.25) is 5.91 Å². The van der Waals surface area contributed by atoms with Crippen LogP contribution in [0.25, 0.3) is 10.4 Å². The molecule has 0 radical (unpaired) electrons. The van der Waals surface area contributed by atoms with Crippen molar-refractivity contribution in [2.45, 2.75) is 0 Å². The average molecular weight is 376 g/mol. The smallest absolute Gasteiger partial charge is 0.324 e. The topological polar surface area (TPSA) is 86.6 Å². The lowest BCUT2D eigenvalue weighted by atomic mass is 10.2. The van der Waals surface area contributed by atoms with Crippen LogP contribution in [0.3, 0.4) is 0 Å². The fraction of sp³-hybridized carbons (Fsp3) is 0.0833. The van der Waals surface area contributed by atoms with Gasteiger partial charge in [0.1, 0.15) is 6.16 Å². The normalized spacial score (nSPS) is 11.3. The quantitative estimate of drug-likeness (QED) is 0.715. The molecule has 0 aliphatic carbocycles. The maximum Gasteiger partial charge on any atom is 0.334 e. The summed E-state index contributed by atoms with van der Waals surface area (Å²) in [5.41, 5.74) is 1.000. The number of amides is 1. The molecule has 0 aliphatic heterocycles. The first-order valence-electron chi connectivity index (χ1n) is 5.54. The summed E-state index contributed by atoms with van der Waals surface area (Å²) < 4.78 is 11.7. The minimum Gasteiger partial charge on any atom is -0.324 e. The zero-order chi connectivity index (χ0) is 14.8. The number of rotatable bonds is 4. The molecule has 8 heteroatoms. The zero-order valence-corrected chi connectivity index (χ0v) is 13.4. The van der Waals surface area contributed by atoms with Crippen LogP contribution in [0.1, 0.15) is 0 Å². The Hall–Kier alpha value is -0.980. The maximum atomic E-state index is 11.4. The molecule has 0 unspecified atom stereocenters. The molecule has 0 bridgehead atoms. The third-order valence-electron chi connectivity index (χ3n) is 2.33. The molecule has 20 heavy (non-hydrogen) atoms. The lowest BCUT2D eigenvalue weighted by Crippen LogP contribution is -2.15. The Bertz CT molecular complexity index is 682. The Morgan fingerprint density at radius 2 is 2.05 bits per heavy atom. The highest BCUT2D eigenvalue weighted by Gasteiger charge is 2.19. The van der Waals surface area contributed by atoms with Gasteiger partial charge in [-0.2, -0.15) is 0 Å². The van der Waals surface area contributed by atoms with Crippen LogP contribution in [-0.2, 0) is 9.36 Å². The van der Waals surface area contributed by atoms with E-state index in [1.807, 2.05) is 30.3 Å². The van der Waals surface area contributed by atoms with Crippen LogP contribution in [0.5, 0.6) is 0 Å². The second-order valence-electron chi connectivity index (χ2n) is 4.05. The lowest BCUT2D eigenvalue weighted by Gasteiger charge is -2.03. The van der Waals surface area contributed by atoms with Gasteiger partial charge < -0.3 is 15.1 Å². The van der Waals surface area contributed by atoms with Gasteiger partial charge in [-0.3, -0.25) is 9.36 Å². The molecule has 0 spiro atoms. The van der Waals surface area contributed by atoms with E-state index in [1.165, 1.54) is 11.3 Å². The number of benzene rings is 1. The molecule has 1 aromatic carbocycles. The molecular weight excluding hydrogens is 365 g/mol. The SMILES string of the molecule is O=C(CP(=O)(O)O)Nc1ccc(-c2cccc(Br)c2)s1. The molecule has 0 aliphatic rings. The highest BCUT2D eigenvalue weighted by molar-refractivity contribution is 9.10. The molecule has 1 aromatic heterocycles. The Labute approximate surface area is 127 Å². The van der Waals surface area contributed by atoms with Gasteiger partial charge in [0.15, 0.2) is 0 Å². The summed E-state index contributed by atoms with van der Waals surface area (Å²) in [7, 11) is -4.33. The van der Waals surface area contributed by atoms with Gasteiger partial charge in [-0.15, -0.1) is 11.3 Å². The Morgan fingerprint density at radius 1 is 1.30 bits per heavy atom. The number of anilines is 1. The van der Waals surface area contributed by atoms with Crippen molar-refractivity contribution in [2.75, 3.05) is 11.5 Å². The minimum atomic E-state index is -4.33. The van der Waals surface area contributed by atoms with E-state index in [2.05, 4.69) is 21.2 Å². The molecule has 0 fully saturated rings. The Morgan fingerprint density at radius 3 is 2.70 bits per heavy atom. The first-order valence-corrected chi connectivity index (χ1v) is 8.94. The summed E-state index contributed by atoms with van der Waals surface area (Å²) in [5, 5.41) is 3.03. The van der Waals surface area contributed by atoms with E-state index in [-0.39, 0.29) is 0 Å². The lowest BCUT2D eigenvalue weighted by molar-refractivity contribution is -0.114. The molecule has 106 valence electrons. The predicted molar refractivity (Wildman–Crippen MR) is 83.0 cm³/mol. The molecule has 1 heterocycles. The number of hydrogen-bond donors (Lipinski definition) is 3. The molecular formula is C12H11BrNO4PS. The van der Waals surface area contributed by atoms with Crippen molar-refractivity contribution in [3.63, 3.8) is 0 Å². The monoisotopic (exact) mass is 375 g/mol. The summed E-state index contributed by atoms with van der Waals surface area (Å²) in [6, 6.07) is 11.3. The highest BCUT2D eigenvalue weighted by Crippen LogP contribution is 2.35. The number of nitrogens with one attached hydrogen (secondary N) is 1. The van der Waals surface area contributed by atoms with E-state index >= 15 is 0 Å². The summed E-state index contributed by atoms with van der Waals surface area (Å²) in [6.07, 6.45) is -0.808. The number of carbonyl (C=O) groups is 1. The van der Waals surface area contributed by atoms with Crippen LogP contribution in [-0.4, -0.2) is 21.9 Å². The molecule has 5 nitrogen and oxygen atoms in total. The molecule has 0 saturated heterocycles. The van der Waals surface area contributed by atoms with Gasteiger partial charge in [-0.25, -0.2) is 0 Å². The first kappa shape index (κ1) is 15.4. The van der Waals surface area contributed by atoms with E-state index < -0.39 is 19.7 Å². The van der Waals surface area contributed by atoms with Crippen molar-refractivity contribution in [1.29, 1.82) is 0 Å². The predicted octanol–water partition coefficient (Wildman–Crippen LogP) is 3.29. The molecule has 2 rings (SSSR count). The van der Waals surface area contributed by atoms with Crippen LogP contribution in [0, 0.1) is 0 Å². The summed E-state index contributed by atoms with van der Waals surface area (Å²) in [5.74, 6) is -0.694. The van der Waals surface area contributed by atoms with Gasteiger partial charge in [0.05, 0.1) is 5.00 Å². The fourth-order valence-electron chi connectivity index (χ4n) is 1.57. The Balaban J connectivity index is 2.10. The average Bonchev–Trinajstić information content (AvgIpc) is 2.74. The summed E-state index contributed by atoms with van der Waals surface area (Å²) in [4.78, 5) is 29.8. The number of thiophene rings is 1. The highest BCUT2D eigenvalue weighted by atomic mass is 79.9. The van der Waals surface area contributed by atoms with Crippen molar-refractivity contribution >= 4 is 45.8 Å². The second kappa shape index (κ2) is 6.20. The van der Waals surface area contributed by atoms with Crippen molar-refractivity contribution in [2.24, 2.45) is 0 Å². The third kappa shape index (κ3) is 4.54. The van der Waals surface area contributed by atoms with Gasteiger partial charge >= 0.3 is 7.60 Å². The second-order valence-corrected chi connectivity index (χ2v) is 7.69. The minimum absolute atomic E-state index is 0.554. The van der Waals surface area contributed by atoms with Crippen LogP contribution in [0.15, 0.2) is 40.9 Å². The number of carbonyl (C=O) groups excluding carboxylic acids is 1. The van der Waals surface area contributed by atoms with Crippen LogP contribution >= 0.6 is 34.9 Å². The number of hydrogen-bond acceptors (Lipinski definition) is 3. The van der Waals surface area contributed by atoms with E-state index in [0.717, 1.165) is 14.9 Å². The van der Waals surface area contributed by atoms with Crippen LogP contribution < -0.4 is 5.32 Å². The fourth-order valence-corrected chi connectivity index (χ4v) is 3.34. The van der Waals surface area contributed by atoms with Crippen LogP contribution in [0.2, 0.25) is 0 Å². The van der Waals surface area contributed by atoms with Crippen molar-refractivity contribution in [3.8, 4) is 10.4 Å². The number of halogens is 1. The van der Waals surface area contributed by atoms with E-state index in [1.54, 1.807) is 6.07 Å². The molecule has 1 amide bonds. The van der Waals surface area contributed by atoms with Gasteiger partial charge in [-0.05, 0) is 29.8 Å². The molecule has 2 aromatic rings. The van der Waals surface area contributed by atoms with E-state index in [4.69, 9.17) is 9.79 Å². The molecule has 0 atom stereocenters. The first-order chi connectivity index (χ1) is 9.33. The summed E-state index contributed by atoms with van der Waals surface area (Å²) >= 11 is 4.73. The van der Waals surface area contributed by atoms with Crippen molar-refractivity contribution < 1.29 is 19.1 Å². The third-order valence-corrected chi connectivity index (χ3v) is 4.57. The summed E-state index contributed by atoms with van der Waals surface area (Å²) in [6.45, 7) is 0. The van der Waals surface area contributed by atoms with Gasteiger partial charge in [0, 0.05) is 9.35 Å². The Kier molecular flexibility index (Phi) is 4.78. The van der Waals surface area contributed by atoms with Crippen molar-refractivity contribution in [1.82, 2.24) is 0 Å².